The Labute approximate surface area is 288 Å². The second-order valence-electron chi connectivity index (χ2n) is 17.7. The highest BCUT2D eigenvalue weighted by atomic mass is 15.2. The van der Waals surface area contributed by atoms with Gasteiger partial charge in [0.25, 0.3) is 6.71 Å². The zero-order valence-electron chi connectivity index (χ0n) is 30.7. The van der Waals surface area contributed by atoms with E-state index in [1.54, 1.807) is 0 Å². The second-order valence-corrected chi connectivity index (χ2v) is 17.7. The summed E-state index contributed by atoms with van der Waals surface area (Å²) in [5.74, 6) is 0. The van der Waals surface area contributed by atoms with Crippen molar-refractivity contribution < 1.29 is 0 Å². The first-order valence-electron chi connectivity index (χ1n) is 17.7. The number of rotatable bonds is 1. The van der Waals surface area contributed by atoms with Crippen molar-refractivity contribution in [3.05, 3.63) is 130 Å². The molecule has 1 N–H and O–H groups in total. The van der Waals surface area contributed by atoms with E-state index in [0.29, 0.717) is 0 Å². The van der Waals surface area contributed by atoms with Crippen LogP contribution in [-0.4, -0.2) is 6.71 Å². The van der Waals surface area contributed by atoms with Crippen LogP contribution in [0.15, 0.2) is 91.0 Å². The number of anilines is 5. The lowest BCUT2D eigenvalue weighted by Gasteiger charge is -2.47. The third kappa shape index (κ3) is 4.39. The second kappa shape index (κ2) is 9.91. The molecule has 8 rings (SSSR count). The molecule has 0 radical (unpaired) electrons. The molecule has 0 saturated heterocycles. The van der Waals surface area contributed by atoms with Gasteiger partial charge in [-0.15, -0.1) is 0 Å². The van der Waals surface area contributed by atoms with E-state index in [1.165, 1.54) is 83.8 Å². The van der Waals surface area contributed by atoms with Gasteiger partial charge in [0.1, 0.15) is 0 Å². The van der Waals surface area contributed by atoms with Crippen LogP contribution in [-0.2, 0) is 21.7 Å². The van der Waals surface area contributed by atoms with E-state index >= 15 is 0 Å². The minimum Gasteiger partial charge on any atom is -0.356 e. The predicted octanol–water partition coefficient (Wildman–Crippen LogP) is 9.91. The van der Waals surface area contributed by atoms with Gasteiger partial charge in [0.15, 0.2) is 0 Å². The van der Waals surface area contributed by atoms with E-state index in [4.69, 9.17) is 0 Å². The number of nitrogens with zero attached hydrogens (tertiary/aromatic N) is 1. The van der Waals surface area contributed by atoms with E-state index in [0.717, 1.165) is 0 Å². The molecule has 2 aliphatic heterocycles. The Morgan fingerprint density at radius 3 is 1.88 bits per heavy atom. The summed E-state index contributed by atoms with van der Waals surface area (Å²) in [5.41, 5.74) is 20.0. The van der Waals surface area contributed by atoms with Crippen LogP contribution in [0.25, 0.3) is 0 Å². The highest BCUT2D eigenvalue weighted by Crippen LogP contribution is 2.52. The fraction of sp³-hybridized carbons (Fsp3) is 0.333. The van der Waals surface area contributed by atoms with Gasteiger partial charge in [-0.05, 0) is 104 Å². The van der Waals surface area contributed by atoms with Crippen molar-refractivity contribution in [3.8, 4) is 0 Å². The summed E-state index contributed by atoms with van der Waals surface area (Å²) in [7, 11) is 0. The molecule has 0 saturated carbocycles. The summed E-state index contributed by atoms with van der Waals surface area (Å²) in [6, 6.07) is 35.5. The SMILES string of the molecule is Cc1ccc2c(c1)B1c3cc4c(cc3N(c3ccc(C(C)(C)C)cc3)c3cccc(c31)N2)C(C)(C)c1ccc(C(C)(C)C)cc1C4(C)C. The molecule has 3 heteroatoms. The zero-order valence-corrected chi connectivity index (χ0v) is 30.7. The molecular weight excluding hydrogens is 579 g/mol. The molecule has 0 amide bonds. The minimum absolute atomic E-state index is 0.0885. The highest BCUT2D eigenvalue weighted by Gasteiger charge is 2.46. The van der Waals surface area contributed by atoms with Gasteiger partial charge in [-0.1, -0.05) is 129 Å². The van der Waals surface area contributed by atoms with Crippen LogP contribution in [0.1, 0.15) is 108 Å². The van der Waals surface area contributed by atoms with Gasteiger partial charge in [0.05, 0.1) is 0 Å². The van der Waals surface area contributed by atoms with Crippen molar-refractivity contribution in [1.82, 2.24) is 0 Å². The van der Waals surface area contributed by atoms with E-state index < -0.39 is 0 Å². The maximum atomic E-state index is 3.84. The van der Waals surface area contributed by atoms with Gasteiger partial charge < -0.3 is 10.2 Å². The molecule has 1 aliphatic carbocycles. The first-order valence-corrected chi connectivity index (χ1v) is 17.7. The van der Waals surface area contributed by atoms with E-state index in [2.05, 4.69) is 177 Å². The number of benzene rings is 5. The molecule has 0 aromatic heterocycles. The van der Waals surface area contributed by atoms with Crippen LogP contribution in [0.3, 0.4) is 0 Å². The number of aryl methyl sites for hydroxylation is 1. The lowest BCUT2D eigenvalue weighted by Crippen LogP contribution is -2.60. The number of hydrogen-bond acceptors (Lipinski definition) is 2. The normalized spacial score (nSPS) is 16.6. The first-order chi connectivity index (χ1) is 22.5. The molecule has 2 nitrogen and oxygen atoms in total. The first kappa shape index (κ1) is 31.1. The number of nitrogens with one attached hydrogen (secondary N) is 1. The van der Waals surface area contributed by atoms with Gasteiger partial charge in [-0.2, -0.15) is 0 Å². The third-order valence-electron chi connectivity index (χ3n) is 11.7. The van der Waals surface area contributed by atoms with Gasteiger partial charge in [0.2, 0.25) is 0 Å². The van der Waals surface area contributed by atoms with Crippen LogP contribution in [0.5, 0.6) is 0 Å². The molecule has 242 valence electrons. The van der Waals surface area contributed by atoms with Gasteiger partial charge in [0, 0.05) is 39.3 Å². The molecule has 48 heavy (non-hydrogen) atoms. The predicted molar refractivity (Wildman–Crippen MR) is 208 cm³/mol. The summed E-state index contributed by atoms with van der Waals surface area (Å²) in [5, 5.41) is 3.84. The molecular formula is C45H49BN2. The van der Waals surface area contributed by atoms with Crippen molar-refractivity contribution in [2.45, 2.75) is 97.8 Å². The minimum atomic E-state index is -0.155. The molecule has 0 bridgehead atoms. The highest BCUT2D eigenvalue weighted by molar-refractivity contribution is 7.00. The smallest absolute Gasteiger partial charge is 0.252 e. The lowest BCUT2D eigenvalue weighted by molar-refractivity contribution is 0.515. The maximum absolute atomic E-state index is 3.84. The van der Waals surface area contributed by atoms with Crippen LogP contribution in [0, 0.1) is 6.92 Å². The van der Waals surface area contributed by atoms with Crippen LogP contribution in [0.4, 0.5) is 28.4 Å². The summed E-state index contributed by atoms with van der Waals surface area (Å²) in [6.45, 7) is 26.0. The summed E-state index contributed by atoms with van der Waals surface area (Å²) >= 11 is 0. The van der Waals surface area contributed by atoms with Crippen molar-refractivity contribution in [2.75, 3.05) is 10.2 Å². The Hall–Kier alpha value is -4.24. The number of hydrogen-bond donors (Lipinski definition) is 1. The van der Waals surface area contributed by atoms with Crippen molar-refractivity contribution in [3.63, 3.8) is 0 Å². The molecule has 0 fully saturated rings. The average Bonchev–Trinajstić information content (AvgIpc) is 3.02. The fourth-order valence-corrected chi connectivity index (χ4v) is 8.76. The van der Waals surface area contributed by atoms with Crippen LogP contribution >= 0.6 is 0 Å². The van der Waals surface area contributed by atoms with Crippen LogP contribution in [0.2, 0.25) is 0 Å². The Bertz CT molecular complexity index is 2140. The largest absolute Gasteiger partial charge is 0.356 e. The van der Waals surface area contributed by atoms with Crippen molar-refractivity contribution in [2.24, 2.45) is 0 Å². The van der Waals surface area contributed by atoms with Crippen LogP contribution < -0.4 is 26.6 Å². The summed E-state index contributed by atoms with van der Waals surface area (Å²) < 4.78 is 0. The molecule has 0 atom stereocenters. The van der Waals surface area contributed by atoms with Crippen molar-refractivity contribution in [1.29, 1.82) is 0 Å². The Kier molecular flexibility index (Phi) is 6.41. The standard InChI is InChI=1S/C45H49BN2/c1-27-15-22-37-35(23-27)46-36-25-33-34(44(8,9)31-21-18-29(43(5,6)7)24-32(31)45(33,10)11)26-40(36)48(39-14-12-13-38(47-37)41(39)46)30-19-16-28(17-20-30)42(2,3)4/h12-26,47H,1-11H3. The Balaban J connectivity index is 1.44. The fourth-order valence-electron chi connectivity index (χ4n) is 8.76. The van der Waals surface area contributed by atoms with E-state index in [9.17, 15) is 0 Å². The van der Waals surface area contributed by atoms with Gasteiger partial charge in [-0.3, -0.25) is 0 Å². The summed E-state index contributed by atoms with van der Waals surface area (Å²) in [6.07, 6.45) is 0. The zero-order chi connectivity index (χ0) is 34.1. The van der Waals surface area contributed by atoms with E-state index in [-0.39, 0.29) is 28.4 Å². The molecule has 5 aromatic carbocycles. The quantitative estimate of drug-likeness (QED) is 0.182. The maximum Gasteiger partial charge on any atom is 0.252 e. The lowest BCUT2D eigenvalue weighted by atomic mass is 9.33. The third-order valence-corrected chi connectivity index (χ3v) is 11.7. The molecule has 3 aliphatic rings. The topological polar surface area (TPSA) is 15.3 Å². The average molecular weight is 629 g/mol. The molecule has 0 spiro atoms. The monoisotopic (exact) mass is 628 g/mol. The Morgan fingerprint density at radius 2 is 1.19 bits per heavy atom. The van der Waals surface area contributed by atoms with E-state index in [1.807, 2.05) is 0 Å². The number of fused-ring (bicyclic) bond motifs is 6. The van der Waals surface area contributed by atoms with Gasteiger partial charge in [-0.25, -0.2) is 0 Å². The molecule has 0 unspecified atom stereocenters. The molecule has 2 heterocycles. The Morgan fingerprint density at radius 1 is 0.562 bits per heavy atom. The van der Waals surface area contributed by atoms with Gasteiger partial charge >= 0.3 is 0 Å². The summed E-state index contributed by atoms with van der Waals surface area (Å²) in [4.78, 5) is 2.54. The molecule has 5 aromatic rings. The van der Waals surface area contributed by atoms with Crippen molar-refractivity contribution >= 4 is 51.5 Å².